The molecule has 1 aliphatic rings. The van der Waals surface area contributed by atoms with Gasteiger partial charge < -0.3 is 42.6 Å². The summed E-state index contributed by atoms with van der Waals surface area (Å²) in [5.41, 5.74) is 1.69. The number of carbonyl (C=O) groups is 1. The van der Waals surface area contributed by atoms with E-state index in [-0.39, 0.29) is 18.5 Å². The molecule has 3 aromatic carbocycles. The number of para-hydroxylation sites is 2. The third-order valence-electron chi connectivity index (χ3n) is 6.58. The Morgan fingerprint density at radius 1 is 0.568 bits per heavy atom. The van der Waals surface area contributed by atoms with Crippen LogP contribution in [0.2, 0.25) is 0 Å². The minimum absolute atomic E-state index is 0.115. The highest BCUT2D eigenvalue weighted by molar-refractivity contribution is 5.77. The zero-order valence-electron chi connectivity index (χ0n) is 25.3. The molecule has 0 aliphatic carbocycles. The Morgan fingerprint density at radius 2 is 1.00 bits per heavy atom. The second-order valence-corrected chi connectivity index (χ2v) is 9.81. The molecule has 0 aromatic heterocycles. The molecule has 44 heavy (non-hydrogen) atoms. The second kappa shape index (κ2) is 19.4. The van der Waals surface area contributed by atoms with E-state index < -0.39 is 0 Å². The number of rotatable bonds is 4. The molecule has 0 saturated carbocycles. The predicted octanol–water partition coefficient (Wildman–Crippen LogP) is 4.83. The number of ether oxygens (including phenoxy) is 9. The van der Waals surface area contributed by atoms with Crippen LogP contribution < -0.4 is 18.9 Å². The molecule has 0 saturated heterocycles. The van der Waals surface area contributed by atoms with E-state index in [2.05, 4.69) is 0 Å². The fourth-order valence-electron chi connectivity index (χ4n) is 4.21. The number of carbonyl (C=O) groups excluding carboxylic acids is 1. The molecule has 1 aliphatic heterocycles. The number of esters is 1. The highest BCUT2D eigenvalue weighted by atomic mass is 16.6. The number of hydrogen-bond donors (Lipinski definition) is 0. The van der Waals surface area contributed by atoms with Crippen LogP contribution in [0.5, 0.6) is 23.0 Å². The number of hydrogen-bond acceptors (Lipinski definition) is 10. The van der Waals surface area contributed by atoms with Crippen LogP contribution in [0.4, 0.5) is 0 Å². The minimum atomic E-state index is -0.365. The van der Waals surface area contributed by atoms with Gasteiger partial charge in [0.25, 0.3) is 0 Å². The van der Waals surface area contributed by atoms with Gasteiger partial charge in [-0.3, -0.25) is 4.79 Å². The van der Waals surface area contributed by atoms with E-state index in [9.17, 15) is 4.79 Å². The fraction of sp³-hybridized carbons (Fsp3) is 0.441. The van der Waals surface area contributed by atoms with E-state index in [0.29, 0.717) is 102 Å². The Morgan fingerprint density at radius 3 is 1.52 bits per heavy atom. The van der Waals surface area contributed by atoms with Crippen molar-refractivity contribution in [2.24, 2.45) is 0 Å². The van der Waals surface area contributed by atoms with Crippen LogP contribution in [0, 0.1) is 0 Å². The van der Waals surface area contributed by atoms with Crippen LogP contribution in [0.25, 0.3) is 0 Å². The largest absolute Gasteiger partial charge is 0.487 e. The molecule has 10 nitrogen and oxygen atoms in total. The van der Waals surface area contributed by atoms with Gasteiger partial charge in [-0.25, -0.2) is 0 Å². The van der Waals surface area contributed by atoms with Gasteiger partial charge in [0.05, 0.1) is 58.8 Å². The van der Waals surface area contributed by atoms with Gasteiger partial charge in [0.15, 0.2) is 23.0 Å². The molecule has 1 atom stereocenters. The smallest absolute Gasteiger partial charge is 0.313 e. The summed E-state index contributed by atoms with van der Waals surface area (Å²) in [7, 11) is 0. The zero-order chi connectivity index (χ0) is 30.7. The van der Waals surface area contributed by atoms with E-state index in [4.69, 9.17) is 42.6 Å². The molecule has 0 spiro atoms. The van der Waals surface area contributed by atoms with Gasteiger partial charge in [-0.05, 0) is 42.3 Å². The van der Waals surface area contributed by atoms with Gasteiger partial charge in [-0.15, -0.1) is 0 Å². The lowest BCUT2D eigenvalue weighted by Crippen LogP contribution is -2.16. The lowest BCUT2D eigenvalue weighted by molar-refractivity contribution is -0.146. The van der Waals surface area contributed by atoms with Gasteiger partial charge >= 0.3 is 5.97 Å². The Bertz CT molecular complexity index is 1240. The van der Waals surface area contributed by atoms with Gasteiger partial charge in [0.1, 0.15) is 33.0 Å². The minimum Gasteiger partial charge on any atom is -0.487 e. The van der Waals surface area contributed by atoms with E-state index in [0.717, 1.165) is 11.1 Å². The zero-order valence-corrected chi connectivity index (χ0v) is 25.3. The van der Waals surface area contributed by atoms with Crippen molar-refractivity contribution in [3.63, 3.8) is 0 Å². The van der Waals surface area contributed by atoms with Crippen molar-refractivity contribution in [3.05, 3.63) is 83.9 Å². The lowest BCUT2D eigenvalue weighted by Gasteiger charge is -2.16. The summed E-state index contributed by atoms with van der Waals surface area (Å²) in [4.78, 5) is 12.6. The van der Waals surface area contributed by atoms with Crippen LogP contribution in [0.15, 0.2) is 72.8 Å². The summed E-state index contributed by atoms with van der Waals surface area (Å²) in [6.07, 6.45) is 0. The Balaban J connectivity index is 1.28. The molecule has 0 unspecified atom stereocenters. The van der Waals surface area contributed by atoms with Crippen molar-refractivity contribution in [1.82, 2.24) is 0 Å². The molecule has 3 aromatic rings. The first kappa shape index (κ1) is 33.1. The Kier molecular flexibility index (Phi) is 14.6. The summed E-state index contributed by atoms with van der Waals surface area (Å²) in [5.74, 6) is 1.75. The first-order valence-electron chi connectivity index (χ1n) is 15.0. The van der Waals surface area contributed by atoms with Gasteiger partial charge in [0, 0.05) is 0 Å². The number of benzene rings is 3. The topological polar surface area (TPSA) is 100 Å². The van der Waals surface area contributed by atoms with Crippen molar-refractivity contribution in [2.75, 3.05) is 79.3 Å². The van der Waals surface area contributed by atoms with Gasteiger partial charge in [-0.2, -0.15) is 0 Å². The maximum absolute atomic E-state index is 12.6. The summed E-state index contributed by atoms with van der Waals surface area (Å²) in [6, 6.07) is 22.5. The van der Waals surface area contributed by atoms with E-state index in [1.54, 1.807) is 6.07 Å². The average Bonchev–Trinajstić information content (AvgIpc) is 3.06. The fourth-order valence-corrected chi connectivity index (χ4v) is 4.21. The van der Waals surface area contributed by atoms with Crippen molar-refractivity contribution in [1.29, 1.82) is 0 Å². The standard InChI is InChI=1S/C34H42O10/c1-27(29-7-3-2-4-8-29)34(35)44-26-28-11-12-32-33(25-28)43-24-20-39-16-15-37-18-22-41-31-10-6-5-9-30(31)40-21-17-36-13-14-38-19-23-42-32/h2-12,25,27H,13-24,26H2,1H3/t27-/m1/s1. The third kappa shape index (κ3) is 11.7. The molecular weight excluding hydrogens is 568 g/mol. The molecule has 0 bridgehead atoms. The van der Waals surface area contributed by atoms with Gasteiger partial charge in [-0.1, -0.05) is 48.5 Å². The third-order valence-corrected chi connectivity index (χ3v) is 6.58. The Hall–Kier alpha value is -3.83. The van der Waals surface area contributed by atoms with Gasteiger partial charge in [0.2, 0.25) is 0 Å². The molecule has 0 radical (unpaired) electrons. The van der Waals surface area contributed by atoms with E-state index >= 15 is 0 Å². The molecule has 0 N–H and O–H groups in total. The molecule has 0 fully saturated rings. The maximum Gasteiger partial charge on any atom is 0.313 e. The normalized spacial score (nSPS) is 17.0. The van der Waals surface area contributed by atoms with Crippen LogP contribution in [0.3, 0.4) is 0 Å². The molecule has 4 rings (SSSR count). The Labute approximate surface area is 259 Å². The summed E-state index contributed by atoms with van der Waals surface area (Å²) < 4.78 is 51.7. The first-order chi connectivity index (χ1) is 21.7. The molecule has 10 heteroatoms. The maximum atomic E-state index is 12.6. The summed E-state index contributed by atoms with van der Waals surface area (Å²) in [5, 5.41) is 0. The number of fused-ring (bicyclic) bond motifs is 2. The molecule has 0 amide bonds. The van der Waals surface area contributed by atoms with Crippen LogP contribution in [-0.4, -0.2) is 85.3 Å². The summed E-state index contributed by atoms with van der Waals surface area (Å²) >= 11 is 0. The van der Waals surface area contributed by atoms with Crippen molar-refractivity contribution in [2.45, 2.75) is 19.4 Å². The molecule has 1 heterocycles. The average molecular weight is 611 g/mol. The highest BCUT2D eigenvalue weighted by Gasteiger charge is 2.17. The lowest BCUT2D eigenvalue weighted by atomic mass is 10.0. The van der Waals surface area contributed by atoms with E-state index in [1.807, 2.05) is 73.7 Å². The summed E-state index contributed by atoms with van der Waals surface area (Å²) in [6.45, 7) is 6.64. The first-order valence-corrected chi connectivity index (χ1v) is 15.0. The predicted molar refractivity (Wildman–Crippen MR) is 163 cm³/mol. The van der Waals surface area contributed by atoms with E-state index in [1.165, 1.54) is 0 Å². The second-order valence-electron chi connectivity index (χ2n) is 9.81. The van der Waals surface area contributed by atoms with Crippen LogP contribution >= 0.6 is 0 Å². The molecular formula is C34H42O10. The van der Waals surface area contributed by atoms with Crippen molar-refractivity contribution < 1.29 is 47.4 Å². The monoisotopic (exact) mass is 610 g/mol. The van der Waals surface area contributed by atoms with Crippen LogP contribution in [-0.2, 0) is 35.1 Å². The molecule has 238 valence electrons. The van der Waals surface area contributed by atoms with Crippen molar-refractivity contribution in [3.8, 4) is 23.0 Å². The van der Waals surface area contributed by atoms with Crippen molar-refractivity contribution >= 4 is 5.97 Å². The van der Waals surface area contributed by atoms with Crippen LogP contribution in [0.1, 0.15) is 24.0 Å². The SMILES string of the molecule is C[C@@H](C(=O)OCc1ccc2c(c1)OCCOCCOCCOc1ccccc1OCCOCCOCCO2)c1ccccc1. The highest BCUT2D eigenvalue weighted by Crippen LogP contribution is 2.29. The quantitative estimate of drug-likeness (QED) is 0.382.